The first-order chi connectivity index (χ1) is 5.86. The fraction of sp³-hybridized carbons (Fsp3) is 0.889. The van der Waals surface area contributed by atoms with Crippen molar-refractivity contribution in [2.24, 2.45) is 16.6 Å². The van der Waals surface area contributed by atoms with Gasteiger partial charge in [-0.1, -0.05) is 0 Å². The van der Waals surface area contributed by atoms with Gasteiger partial charge in [-0.2, -0.15) is 0 Å². The van der Waals surface area contributed by atoms with E-state index >= 15 is 0 Å². The second-order valence-corrected chi connectivity index (χ2v) is 3.70. The number of amidine groups is 1. The molecule has 68 valence electrons. The monoisotopic (exact) mass is 168 g/mol. The Morgan fingerprint density at radius 1 is 1.33 bits per heavy atom. The minimum absolute atomic E-state index is 0.347. The van der Waals surface area contributed by atoms with E-state index in [0.717, 1.165) is 31.9 Å². The summed E-state index contributed by atoms with van der Waals surface area (Å²) in [4.78, 5) is 4.47. The third-order valence-corrected chi connectivity index (χ3v) is 2.46. The van der Waals surface area contributed by atoms with Crippen LogP contribution in [0.25, 0.3) is 0 Å². The van der Waals surface area contributed by atoms with Crippen LogP contribution in [0.1, 0.15) is 25.7 Å². The molecule has 2 rings (SSSR count). The average molecular weight is 168 g/mol. The maximum atomic E-state index is 5.80. The van der Waals surface area contributed by atoms with Crippen molar-refractivity contribution in [2.75, 3.05) is 13.2 Å². The molecule has 0 aromatic rings. The minimum atomic E-state index is 0.347. The molecule has 2 fully saturated rings. The zero-order valence-electron chi connectivity index (χ0n) is 7.33. The lowest BCUT2D eigenvalue weighted by Crippen LogP contribution is -2.25. The lowest BCUT2D eigenvalue weighted by molar-refractivity contribution is 0.0828. The molecule has 1 heterocycles. The van der Waals surface area contributed by atoms with Gasteiger partial charge in [0.15, 0.2) is 0 Å². The Morgan fingerprint density at radius 2 is 2.17 bits per heavy atom. The molecule has 1 saturated heterocycles. The second-order valence-electron chi connectivity index (χ2n) is 3.70. The van der Waals surface area contributed by atoms with Crippen molar-refractivity contribution in [1.29, 1.82) is 0 Å². The quantitative estimate of drug-likeness (QED) is 0.492. The lowest BCUT2D eigenvalue weighted by atomic mass is 10.1. The van der Waals surface area contributed by atoms with Crippen LogP contribution in [0.2, 0.25) is 0 Å². The molecule has 1 atom stereocenters. The smallest absolute Gasteiger partial charge is 0.0972 e. The van der Waals surface area contributed by atoms with Crippen molar-refractivity contribution < 1.29 is 4.74 Å². The van der Waals surface area contributed by atoms with E-state index in [4.69, 9.17) is 10.5 Å². The van der Waals surface area contributed by atoms with Gasteiger partial charge in [0.2, 0.25) is 0 Å². The van der Waals surface area contributed by atoms with Gasteiger partial charge in [-0.15, -0.1) is 0 Å². The first kappa shape index (κ1) is 8.05. The van der Waals surface area contributed by atoms with Crippen LogP contribution in [-0.4, -0.2) is 25.1 Å². The number of nitrogens with two attached hydrogens (primary N) is 1. The Balaban J connectivity index is 1.85. The van der Waals surface area contributed by atoms with Crippen molar-refractivity contribution in [3.05, 3.63) is 0 Å². The van der Waals surface area contributed by atoms with Crippen molar-refractivity contribution in [3.8, 4) is 0 Å². The number of hydrogen-bond donors (Lipinski definition) is 1. The van der Waals surface area contributed by atoms with E-state index in [1.54, 1.807) is 0 Å². The molecule has 0 bridgehead atoms. The molecule has 1 aliphatic heterocycles. The van der Waals surface area contributed by atoms with Gasteiger partial charge in [0.25, 0.3) is 0 Å². The fourth-order valence-electron chi connectivity index (χ4n) is 1.52. The molecular weight excluding hydrogens is 152 g/mol. The van der Waals surface area contributed by atoms with Gasteiger partial charge in [-0.05, 0) is 25.7 Å². The van der Waals surface area contributed by atoms with E-state index in [2.05, 4.69) is 4.99 Å². The third kappa shape index (κ3) is 1.97. The van der Waals surface area contributed by atoms with Crippen LogP contribution in [-0.2, 0) is 4.74 Å². The average Bonchev–Trinajstić information content (AvgIpc) is 2.88. The highest BCUT2D eigenvalue weighted by Crippen LogP contribution is 2.29. The Bertz CT molecular complexity index is 181. The van der Waals surface area contributed by atoms with Crippen LogP contribution < -0.4 is 5.73 Å². The van der Waals surface area contributed by atoms with Gasteiger partial charge in [0.05, 0.1) is 18.5 Å². The molecule has 2 N–H and O–H groups in total. The van der Waals surface area contributed by atoms with E-state index in [0.29, 0.717) is 12.0 Å². The summed E-state index contributed by atoms with van der Waals surface area (Å²) >= 11 is 0. The summed E-state index contributed by atoms with van der Waals surface area (Å²) in [6, 6.07) is 0.347. The highest BCUT2D eigenvalue weighted by atomic mass is 16.5. The minimum Gasteiger partial charge on any atom is -0.387 e. The number of nitrogens with zero attached hydrogens (tertiary/aromatic N) is 1. The molecule has 0 aromatic heterocycles. The summed E-state index contributed by atoms with van der Waals surface area (Å²) in [7, 11) is 0. The molecular formula is C9H16N2O. The summed E-state index contributed by atoms with van der Waals surface area (Å²) in [6.07, 6.45) is 4.76. The first-order valence-electron chi connectivity index (χ1n) is 4.77. The molecule has 0 amide bonds. The Labute approximate surface area is 73.0 Å². The van der Waals surface area contributed by atoms with Gasteiger partial charge in [0.1, 0.15) is 0 Å². The Morgan fingerprint density at radius 3 is 2.75 bits per heavy atom. The largest absolute Gasteiger partial charge is 0.387 e. The van der Waals surface area contributed by atoms with E-state index in [1.807, 2.05) is 0 Å². The summed E-state index contributed by atoms with van der Waals surface area (Å²) in [5.74, 6) is 1.47. The standard InChI is InChI=1S/C9H16N2O/c10-9(7-3-4-7)11-8-2-1-5-12-6-8/h7-8H,1-6H2,(H2,10,11). The highest BCUT2D eigenvalue weighted by Gasteiger charge is 2.26. The van der Waals surface area contributed by atoms with Crippen molar-refractivity contribution in [2.45, 2.75) is 31.7 Å². The summed E-state index contributed by atoms with van der Waals surface area (Å²) in [6.45, 7) is 1.67. The van der Waals surface area contributed by atoms with Crippen molar-refractivity contribution in [3.63, 3.8) is 0 Å². The third-order valence-electron chi connectivity index (χ3n) is 2.46. The van der Waals surface area contributed by atoms with Gasteiger partial charge in [-0.25, -0.2) is 0 Å². The van der Waals surface area contributed by atoms with Crippen LogP contribution in [0.15, 0.2) is 4.99 Å². The molecule has 12 heavy (non-hydrogen) atoms. The highest BCUT2D eigenvalue weighted by molar-refractivity contribution is 5.85. The van der Waals surface area contributed by atoms with Crippen LogP contribution >= 0.6 is 0 Å². The predicted octanol–water partition coefficient (Wildman–Crippen LogP) is 0.933. The number of rotatable bonds is 2. The second kappa shape index (κ2) is 3.44. The maximum Gasteiger partial charge on any atom is 0.0972 e. The summed E-state index contributed by atoms with van der Waals surface area (Å²) < 4.78 is 5.32. The van der Waals surface area contributed by atoms with Gasteiger partial charge < -0.3 is 10.5 Å². The molecule has 2 aliphatic rings. The van der Waals surface area contributed by atoms with Gasteiger partial charge in [-0.3, -0.25) is 4.99 Å². The van der Waals surface area contributed by atoms with E-state index in [-0.39, 0.29) is 0 Å². The Kier molecular flexibility index (Phi) is 2.30. The Hall–Kier alpha value is -0.570. The number of ether oxygens (including phenoxy) is 1. The zero-order valence-corrected chi connectivity index (χ0v) is 7.33. The lowest BCUT2D eigenvalue weighted by Gasteiger charge is -2.18. The molecule has 1 unspecified atom stereocenters. The van der Waals surface area contributed by atoms with Crippen molar-refractivity contribution >= 4 is 5.84 Å². The molecule has 0 spiro atoms. The van der Waals surface area contributed by atoms with E-state index in [1.165, 1.54) is 12.8 Å². The zero-order chi connectivity index (χ0) is 8.39. The fourth-order valence-corrected chi connectivity index (χ4v) is 1.52. The number of hydrogen-bond acceptors (Lipinski definition) is 2. The first-order valence-corrected chi connectivity index (χ1v) is 4.77. The van der Waals surface area contributed by atoms with E-state index in [9.17, 15) is 0 Å². The SMILES string of the molecule is NC(=NC1CCCOC1)C1CC1. The van der Waals surface area contributed by atoms with E-state index < -0.39 is 0 Å². The summed E-state index contributed by atoms with van der Waals surface area (Å²) in [5, 5.41) is 0. The maximum absolute atomic E-state index is 5.80. The molecule has 3 nitrogen and oxygen atoms in total. The van der Waals surface area contributed by atoms with Crippen LogP contribution in [0, 0.1) is 5.92 Å². The predicted molar refractivity (Wildman–Crippen MR) is 48.2 cm³/mol. The van der Waals surface area contributed by atoms with Crippen LogP contribution in [0.5, 0.6) is 0 Å². The van der Waals surface area contributed by atoms with Crippen LogP contribution in [0.4, 0.5) is 0 Å². The topological polar surface area (TPSA) is 47.6 Å². The number of aliphatic imine (C=N–C) groups is 1. The van der Waals surface area contributed by atoms with Crippen LogP contribution in [0.3, 0.4) is 0 Å². The van der Waals surface area contributed by atoms with Gasteiger partial charge >= 0.3 is 0 Å². The van der Waals surface area contributed by atoms with Gasteiger partial charge in [0, 0.05) is 12.5 Å². The van der Waals surface area contributed by atoms with Crippen molar-refractivity contribution in [1.82, 2.24) is 0 Å². The normalized spacial score (nSPS) is 32.0. The molecule has 1 saturated carbocycles. The summed E-state index contributed by atoms with van der Waals surface area (Å²) in [5.41, 5.74) is 5.80. The molecule has 1 aliphatic carbocycles. The molecule has 3 heteroatoms. The molecule has 0 aromatic carbocycles. The molecule has 0 radical (unpaired) electrons.